The van der Waals surface area contributed by atoms with Crippen LogP contribution in [0.15, 0.2) is 0 Å². The van der Waals surface area contributed by atoms with Gasteiger partial charge in [-0.1, -0.05) is 0 Å². The molecule has 0 aromatic carbocycles. The molecule has 0 aromatic rings. The Labute approximate surface area is 127 Å². The van der Waals surface area contributed by atoms with Crippen molar-refractivity contribution >= 4 is 45.5 Å². The van der Waals surface area contributed by atoms with E-state index >= 15 is 0 Å². The summed E-state index contributed by atoms with van der Waals surface area (Å²) in [5.41, 5.74) is 0. The molecule has 0 fully saturated rings. The van der Waals surface area contributed by atoms with Crippen LogP contribution in [0.2, 0.25) is 0 Å². The monoisotopic (exact) mass is 402 g/mol. The molecule has 0 saturated carbocycles. The summed E-state index contributed by atoms with van der Waals surface area (Å²) in [6.45, 7) is 0. The molecule has 8 heteroatoms. The number of hydrogen-bond acceptors (Lipinski definition) is 2. The van der Waals surface area contributed by atoms with E-state index in [-0.39, 0.29) is 101 Å². The molecule has 0 unspecified atom stereocenters. The van der Waals surface area contributed by atoms with Crippen LogP contribution in [-0.2, 0) is 38.3 Å². The van der Waals surface area contributed by atoms with Crippen molar-refractivity contribution in [1.82, 2.24) is 0 Å². The Bertz CT molecular complexity index is 106. The van der Waals surface area contributed by atoms with Gasteiger partial charge in [-0.05, 0) is 0 Å². The van der Waals surface area contributed by atoms with Crippen LogP contribution in [0.25, 0.3) is 0 Å². The average molecular weight is 401 g/mol. The topological polar surface area (TPSA) is 74.6 Å². The van der Waals surface area contributed by atoms with Crippen molar-refractivity contribution in [2.45, 2.75) is 0 Å². The Hall–Kier alpha value is 3.25. The predicted octanol–water partition coefficient (Wildman–Crippen LogP) is -1.51. The van der Waals surface area contributed by atoms with E-state index < -0.39 is 13.6 Å². The van der Waals surface area contributed by atoms with Crippen LogP contribution in [0, 0.1) is 35.6 Å². The Kier molecular flexibility index (Phi) is 28.8. The fourth-order valence-corrected chi connectivity index (χ4v) is 0. The van der Waals surface area contributed by atoms with Gasteiger partial charge in [0.25, 0.3) is 0 Å². The third-order valence-electron chi connectivity index (χ3n) is 0. The van der Waals surface area contributed by atoms with Crippen LogP contribution >= 0.6 is 0 Å². The zero-order chi connectivity index (χ0) is 4.50. The molecule has 0 bridgehead atoms. The number of rotatable bonds is 0. The van der Waals surface area contributed by atoms with Gasteiger partial charge in [0.1, 0.15) is 0 Å². The van der Waals surface area contributed by atoms with Gasteiger partial charge in [0, 0.05) is 52.7 Å². The third-order valence-corrected chi connectivity index (χ3v) is 0. The van der Waals surface area contributed by atoms with Crippen molar-refractivity contribution in [2.75, 3.05) is 0 Å². The molecule has 2 radical (unpaired) electrons. The van der Waals surface area contributed by atoms with E-state index in [1.54, 1.807) is 0 Å². The first-order valence-electron chi connectivity index (χ1n) is 0.698. The molecule has 0 aliphatic rings. The van der Waals surface area contributed by atoms with Crippen molar-refractivity contribution < 1.29 is 85.1 Å². The Morgan fingerprint density at radius 1 is 1.25 bits per heavy atom. The Balaban J connectivity index is -0.00000000800. The fraction of sp³-hybridized carbons (Fsp3) is 0. The van der Waals surface area contributed by atoms with Crippen LogP contribution in [0.4, 0.5) is 0 Å². The summed E-state index contributed by atoms with van der Waals surface area (Å²) >= 11 is -5.25. The molecule has 0 saturated heterocycles. The van der Waals surface area contributed by atoms with Gasteiger partial charge in [-0.25, -0.2) is 0 Å². The molecular formula is H4CrLaMnO4Sr. The van der Waals surface area contributed by atoms with Crippen LogP contribution < -0.4 is 0 Å². The van der Waals surface area contributed by atoms with Crippen molar-refractivity contribution in [2.24, 2.45) is 0 Å². The minimum Gasteiger partial charge on any atom is 2.00 e. The maximum Gasteiger partial charge on any atom is 2.00 e. The SMILES string of the molecule is [H-].[H-].[La].[Mn].[O]=[Cr](=[O])([OH])[OH].[Sr+2]. The second-order valence-corrected chi connectivity index (χ2v) is 1.85. The van der Waals surface area contributed by atoms with E-state index in [0.29, 0.717) is 0 Å². The Morgan fingerprint density at radius 2 is 1.25 bits per heavy atom. The molecule has 0 rings (SSSR count). The van der Waals surface area contributed by atoms with Gasteiger partial charge >= 0.3 is 75.0 Å². The number of hydrogen-bond donors (Lipinski definition) is 2. The normalized spacial score (nSPS) is 7.25. The zero-order valence-corrected chi connectivity index (χ0v) is 13.3. The quantitative estimate of drug-likeness (QED) is 0.484. The van der Waals surface area contributed by atoms with Gasteiger partial charge in [-0.2, -0.15) is 0 Å². The molecule has 0 spiro atoms. The van der Waals surface area contributed by atoms with E-state index in [1.165, 1.54) is 0 Å². The first-order chi connectivity index (χ1) is 2.00. The molecule has 8 heavy (non-hydrogen) atoms. The molecule has 0 heterocycles. The molecule has 0 aliphatic heterocycles. The summed E-state index contributed by atoms with van der Waals surface area (Å²) in [5, 5.41) is 0. The van der Waals surface area contributed by atoms with Crippen LogP contribution in [0.1, 0.15) is 2.85 Å². The second kappa shape index (κ2) is 10.2. The third kappa shape index (κ3) is 59.6. The summed E-state index contributed by atoms with van der Waals surface area (Å²) in [5.74, 6) is 0. The molecule has 46 valence electrons. The average Bonchev–Trinajstić information content (AvgIpc) is 0.722. The van der Waals surface area contributed by atoms with Crippen molar-refractivity contribution in [3.8, 4) is 0 Å². The maximum atomic E-state index is 8.82. The van der Waals surface area contributed by atoms with Gasteiger partial charge in [-0.3, -0.25) is 0 Å². The molecular weight excluding hydrogens is 397 g/mol. The molecule has 0 aromatic heterocycles. The van der Waals surface area contributed by atoms with Gasteiger partial charge < -0.3 is 2.85 Å². The summed E-state index contributed by atoms with van der Waals surface area (Å²) < 4.78 is 31.9. The molecule has 4 nitrogen and oxygen atoms in total. The van der Waals surface area contributed by atoms with E-state index in [4.69, 9.17) is 15.9 Å². The minimum atomic E-state index is -5.25. The van der Waals surface area contributed by atoms with Crippen molar-refractivity contribution in [3.63, 3.8) is 0 Å². The molecule has 0 atom stereocenters. The smallest absolute Gasteiger partial charge is 2.00 e. The van der Waals surface area contributed by atoms with E-state index in [9.17, 15) is 0 Å². The van der Waals surface area contributed by atoms with Crippen LogP contribution in [-0.4, -0.2) is 53.8 Å². The first kappa shape index (κ1) is 22.5. The van der Waals surface area contributed by atoms with Crippen LogP contribution in [0.3, 0.4) is 0 Å². The fourth-order valence-electron chi connectivity index (χ4n) is 0. The summed E-state index contributed by atoms with van der Waals surface area (Å²) in [6.07, 6.45) is 0. The molecule has 2 N–H and O–H groups in total. The van der Waals surface area contributed by atoms with Crippen molar-refractivity contribution in [1.29, 1.82) is 0 Å². The van der Waals surface area contributed by atoms with Crippen molar-refractivity contribution in [3.05, 3.63) is 0 Å². The summed E-state index contributed by atoms with van der Waals surface area (Å²) in [4.78, 5) is 0. The van der Waals surface area contributed by atoms with Gasteiger partial charge in [0.15, 0.2) is 0 Å². The van der Waals surface area contributed by atoms with Gasteiger partial charge in [0.05, 0.1) is 0 Å². The Morgan fingerprint density at radius 3 is 1.25 bits per heavy atom. The maximum absolute atomic E-state index is 8.82. The van der Waals surface area contributed by atoms with E-state index in [2.05, 4.69) is 0 Å². The summed E-state index contributed by atoms with van der Waals surface area (Å²) in [7, 11) is 0. The first-order valence-corrected chi connectivity index (χ1v) is 2.88. The zero-order valence-electron chi connectivity index (χ0n) is 5.78. The molecule has 0 amide bonds. The molecule has 0 aliphatic carbocycles. The minimum absolute atomic E-state index is 0. The van der Waals surface area contributed by atoms with E-state index in [1.807, 2.05) is 0 Å². The van der Waals surface area contributed by atoms with Crippen LogP contribution in [0.5, 0.6) is 0 Å². The second-order valence-electron chi connectivity index (χ2n) is 0.448. The van der Waals surface area contributed by atoms with E-state index in [0.717, 1.165) is 0 Å². The van der Waals surface area contributed by atoms with Gasteiger partial charge in [0.2, 0.25) is 0 Å². The van der Waals surface area contributed by atoms with Gasteiger partial charge in [-0.15, -0.1) is 0 Å². The standard InChI is InChI=1S/Cr.La.Mn.2H2O.2O.Sr.2H/h;;;2*1H2;;;;;/q+2;;;;;;;+2;2*-1/p-2. The predicted molar refractivity (Wildman–Crippen MR) is 13.8 cm³/mol. The summed E-state index contributed by atoms with van der Waals surface area (Å²) in [6, 6.07) is 0. The largest absolute Gasteiger partial charge is 2.00 e.